The number of hydrogen-bond acceptors (Lipinski definition) is 5. The van der Waals surface area contributed by atoms with Gasteiger partial charge in [-0.2, -0.15) is 0 Å². The van der Waals surface area contributed by atoms with Crippen LogP contribution < -0.4 is 10.1 Å². The van der Waals surface area contributed by atoms with Crippen LogP contribution in [0.25, 0.3) is 11.0 Å². The van der Waals surface area contributed by atoms with Crippen LogP contribution in [0.1, 0.15) is 5.56 Å². The summed E-state index contributed by atoms with van der Waals surface area (Å²) in [6, 6.07) is 9.97. The predicted octanol–water partition coefficient (Wildman–Crippen LogP) is 4.47. The normalized spacial score (nSPS) is 10.6. The van der Waals surface area contributed by atoms with Crippen molar-refractivity contribution in [3.63, 3.8) is 0 Å². The summed E-state index contributed by atoms with van der Waals surface area (Å²) in [6.07, 6.45) is 1.46. The molecule has 0 unspecified atom stereocenters. The molecule has 2 aromatic carbocycles. The monoisotopic (exact) mass is 407 g/mol. The first-order valence-electron chi connectivity index (χ1n) is 7.91. The highest BCUT2D eigenvalue weighted by Gasteiger charge is 2.14. The maximum Gasteiger partial charge on any atom is 0.310 e. The molecule has 1 heterocycles. The Bertz CT molecular complexity index is 999. The summed E-state index contributed by atoms with van der Waals surface area (Å²) >= 11 is 11.8. The third kappa shape index (κ3) is 4.72. The van der Waals surface area contributed by atoms with Gasteiger partial charge in [0.2, 0.25) is 0 Å². The van der Waals surface area contributed by atoms with Crippen molar-refractivity contribution in [3.8, 4) is 5.75 Å². The topological polar surface area (TPSA) is 77.8 Å². The number of rotatable bonds is 6. The molecule has 140 valence electrons. The second-order valence-corrected chi connectivity index (χ2v) is 6.48. The number of nitrogens with one attached hydrogen (secondary N) is 1. The fourth-order valence-electron chi connectivity index (χ4n) is 2.46. The molecule has 0 aliphatic heterocycles. The standard InChI is InChI=1S/C19H15Cl2NO5/c1-25-13-3-4-14-11(9-26-17(14)8-13)6-19(24)27-10-18(23)22-16-7-12(20)2-5-15(16)21/h2-5,7-9H,6,10H2,1H3,(H,22,23). The quantitative estimate of drug-likeness (QED) is 0.609. The summed E-state index contributed by atoms with van der Waals surface area (Å²) in [5, 5.41) is 4.08. The number of carbonyl (C=O) groups excluding carboxylic acids is 2. The third-order valence-corrected chi connectivity index (χ3v) is 4.33. The van der Waals surface area contributed by atoms with Crippen LogP contribution in [0.5, 0.6) is 5.75 Å². The second kappa shape index (κ2) is 8.33. The molecule has 0 aliphatic carbocycles. The zero-order valence-corrected chi connectivity index (χ0v) is 15.8. The number of fused-ring (bicyclic) bond motifs is 1. The van der Waals surface area contributed by atoms with Gasteiger partial charge >= 0.3 is 5.97 Å². The van der Waals surface area contributed by atoms with Crippen LogP contribution in [-0.4, -0.2) is 25.6 Å². The van der Waals surface area contributed by atoms with Crippen molar-refractivity contribution in [1.29, 1.82) is 0 Å². The highest BCUT2D eigenvalue weighted by atomic mass is 35.5. The number of amides is 1. The fraction of sp³-hybridized carbons (Fsp3) is 0.158. The first kappa shape index (κ1) is 19.1. The van der Waals surface area contributed by atoms with Crippen molar-refractivity contribution >= 4 is 51.7 Å². The van der Waals surface area contributed by atoms with Crippen molar-refractivity contribution in [2.24, 2.45) is 0 Å². The van der Waals surface area contributed by atoms with Gasteiger partial charge < -0.3 is 19.2 Å². The van der Waals surface area contributed by atoms with Gasteiger partial charge in [-0.1, -0.05) is 23.2 Å². The Kier molecular flexibility index (Phi) is 5.88. The number of furan rings is 1. The zero-order chi connectivity index (χ0) is 19.4. The molecule has 1 aromatic heterocycles. The van der Waals surface area contributed by atoms with Gasteiger partial charge in [-0.05, 0) is 30.3 Å². The lowest BCUT2D eigenvalue weighted by Crippen LogP contribution is -2.21. The minimum absolute atomic E-state index is 0.0233. The summed E-state index contributed by atoms with van der Waals surface area (Å²) in [4.78, 5) is 24.0. The summed E-state index contributed by atoms with van der Waals surface area (Å²) in [7, 11) is 1.56. The highest BCUT2D eigenvalue weighted by Crippen LogP contribution is 2.26. The summed E-state index contributed by atoms with van der Waals surface area (Å²) < 4.78 is 15.6. The van der Waals surface area contributed by atoms with Crippen LogP contribution in [0, 0.1) is 0 Å². The highest BCUT2D eigenvalue weighted by molar-refractivity contribution is 6.35. The molecule has 3 aromatic rings. The van der Waals surface area contributed by atoms with E-state index in [0.717, 1.165) is 5.39 Å². The van der Waals surface area contributed by atoms with Gasteiger partial charge in [-0.3, -0.25) is 9.59 Å². The van der Waals surface area contributed by atoms with Crippen LogP contribution in [0.3, 0.4) is 0 Å². The van der Waals surface area contributed by atoms with Gasteiger partial charge in [0.05, 0.1) is 30.5 Å². The van der Waals surface area contributed by atoms with Crippen LogP contribution >= 0.6 is 23.2 Å². The summed E-state index contributed by atoms with van der Waals surface area (Å²) in [5.41, 5.74) is 1.61. The minimum atomic E-state index is -0.555. The first-order chi connectivity index (χ1) is 13.0. The minimum Gasteiger partial charge on any atom is -0.497 e. The molecule has 1 N–H and O–H groups in total. The van der Waals surface area contributed by atoms with Crippen molar-refractivity contribution in [2.45, 2.75) is 6.42 Å². The van der Waals surface area contributed by atoms with E-state index in [2.05, 4.69) is 5.32 Å². The van der Waals surface area contributed by atoms with Crippen molar-refractivity contribution in [2.75, 3.05) is 19.0 Å². The van der Waals surface area contributed by atoms with E-state index in [1.54, 1.807) is 37.4 Å². The molecule has 8 heteroatoms. The smallest absolute Gasteiger partial charge is 0.310 e. The second-order valence-electron chi connectivity index (χ2n) is 5.63. The van der Waals surface area contributed by atoms with Crippen LogP contribution in [0.2, 0.25) is 10.0 Å². The molecule has 3 rings (SSSR count). The molecular weight excluding hydrogens is 393 g/mol. The molecule has 27 heavy (non-hydrogen) atoms. The summed E-state index contributed by atoms with van der Waals surface area (Å²) in [5.74, 6) is -0.419. The average Bonchev–Trinajstić information content (AvgIpc) is 3.05. The average molecular weight is 408 g/mol. The molecule has 0 bridgehead atoms. The van der Waals surface area contributed by atoms with Crippen molar-refractivity contribution < 1.29 is 23.5 Å². The van der Waals surface area contributed by atoms with Crippen LogP contribution in [-0.2, 0) is 20.7 Å². The lowest BCUT2D eigenvalue weighted by molar-refractivity contribution is -0.146. The summed E-state index contributed by atoms with van der Waals surface area (Å²) in [6.45, 7) is -0.439. The SMILES string of the molecule is COc1ccc2c(CC(=O)OCC(=O)Nc3cc(Cl)ccc3Cl)coc2c1. The van der Waals surface area contributed by atoms with Crippen LogP contribution in [0.15, 0.2) is 47.1 Å². The lowest BCUT2D eigenvalue weighted by Gasteiger charge is -2.08. The number of anilines is 1. The Hall–Kier alpha value is -2.70. The predicted molar refractivity (Wildman–Crippen MR) is 103 cm³/mol. The van der Waals surface area contributed by atoms with Gasteiger partial charge in [-0.25, -0.2) is 0 Å². The van der Waals surface area contributed by atoms with E-state index < -0.39 is 18.5 Å². The van der Waals surface area contributed by atoms with E-state index in [1.807, 2.05) is 0 Å². The number of esters is 1. The van der Waals surface area contributed by atoms with Gasteiger partial charge in [0.1, 0.15) is 11.3 Å². The van der Waals surface area contributed by atoms with E-state index in [-0.39, 0.29) is 6.42 Å². The Morgan fingerprint density at radius 3 is 2.74 bits per heavy atom. The number of halogens is 2. The zero-order valence-electron chi connectivity index (χ0n) is 14.3. The number of carbonyl (C=O) groups is 2. The van der Waals surface area contributed by atoms with Gasteiger partial charge in [-0.15, -0.1) is 0 Å². The molecule has 0 saturated heterocycles. The third-order valence-electron chi connectivity index (χ3n) is 3.76. The largest absolute Gasteiger partial charge is 0.497 e. The Balaban J connectivity index is 1.56. The van der Waals surface area contributed by atoms with E-state index in [4.69, 9.17) is 37.1 Å². The molecule has 0 atom stereocenters. The van der Waals surface area contributed by atoms with E-state index in [9.17, 15) is 9.59 Å². The first-order valence-corrected chi connectivity index (χ1v) is 8.66. The molecule has 0 saturated carbocycles. The number of hydrogen-bond donors (Lipinski definition) is 1. The number of ether oxygens (including phenoxy) is 2. The molecular formula is C19H15Cl2NO5. The maximum absolute atomic E-state index is 12.0. The molecule has 0 aliphatic rings. The van der Waals surface area contributed by atoms with Gasteiger partial charge in [0.15, 0.2) is 6.61 Å². The Labute approximate surface area is 164 Å². The molecule has 1 amide bonds. The number of benzene rings is 2. The van der Waals surface area contributed by atoms with E-state index in [1.165, 1.54) is 12.3 Å². The lowest BCUT2D eigenvalue weighted by atomic mass is 10.1. The fourth-order valence-corrected chi connectivity index (χ4v) is 2.80. The van der Waals surface area contributed by atoms with Crippen molar-refractivity contribution in [1.82, 2.24) is 0 Å². The molecule has 0 fully saturated rings. The van der Waals surface area contributed by atoms with E-state index >= 15 is 0 Å². The van der Waals surface area contributed by atoms with Gasteiger partial charge in [0, 0.05) is 22.0 Å². The van der Waals surface area contributed by atoms with Crippen molar-refractivity contribution in [3.05, 3.63) is 58.3 Å². The maximum atomic E-state index is 12.0. The Morgan fingerprint density at radius 2 is 1.96 bits per heavy atom. The number of methoxy groups -OCH3 is 1. The molecule has 6 nitrogen and oxygen atoms in total. The Morgan fingerprint density at radius 1 is 1.15 bits per heavy atom. The molecule has 0 spiro atoms. The van der Waals surface area contributed by atoms with Crippen LogP contribution in [0.4, 0.5) is 5.69 Å². The molecule has 0 radical (unpaired) electrons. The van der Waals surface area contributed by atoms with Gasteiger partial charge in [0.25, 0.3) is 5.91 Å². The van der Waals surface area contributed by atoms with E-state index in [0.29, 0.717) is 32.6 Å².